The lowest BCUT2D eigenvalue weighted by atomic mass is 9.45. The lowest BCUT2D eigenvalue weighted by molar-refractivity contribution is -0.142. The van der Waals surface area contributed by atoms with Crippen molar-refractivity contribution in [2.45, 2.75) is 83.1 Å². The highest BCUT2D eigenvalue weighted by molar-refractivity contribution is 9.10. The van der Waals surface area contributed by atoms with Gasteiger partial charge in [0, 0.05) is 12.3 Å². The number of carboxylic acids is 1. The van der Waals surface area contributed by atoms with Crippen LogP contribution in [0.1, 0.15) is 72.1 Å². The fourth-order valence-electron chi connectivity index (χ4n) is 6.98. The summed E-state index contributed by atoms with van der Waals surface area (Å²) in [6, 6.07) is 0. The number of aliphatic hydroxyl groups is 1. The molecule has 4 fully saturated rings. The molecule has 0 radical (unpaired) electrons. The topological polar surface area (TPSA) is 74.6 Å². The molecule has 0 aliphatic heterocycles. The molecule has 26 heavy (non-hydrogen) atoms. The van der Waals surface area contributed by atoms with Gasteiger partial charge in [0.05, 0.1) is 10.9 Å². The van der Waals surface area contributed by atoms with E-state index in [4.69, 9.17) is 9.90 Å². The standard InChI is InChI=1S/C19H29BrO2.C2H4O2/c1-18-7-5-12(21)9-11(18)3-4-13-14(18)6-8-19(2)15(13)10-16(20)17(19)22;1-2(3)4/h11-16,21H,3-10H2,1-2H3;1H3,(H,3,4)/t11-,12-,13+,14-,15-,16-,18-,19-;/m1./s1. The number of hydrogen-bond donors (Lipinski definition) is 2. The lowest BCUT2D eigenvalue weighted by Crippen LogP contribution is -2.54. The Morgan fingerprint density at radius 1 is 1.08 bits per heavy atom. The van der Waals surface area contributed by atoms with Gasteiger partial charge >= 0.3 is 0 Å². The average Bonchev–Trinajstić information content (AvgIpc) is 2.79. The summed E-state index contributed by atoms with van der Waals surface area (Å²) in [6.45, 7) is 5.84. The van der Waals surface area contributed by atoms with Gasteiger partial charge in [-0.15, -0.1) is 0 Å². The van der Waals surface area contributed by atoms with E-state index >= 15 is 0 Å². The fourth-order valence-corrected chi connectivity index (χ4v) is 7.91. The largest absolute Gasteiger partial charge is 0.481 e. The number of rotatable bonds is 0. The third kappa shape index (κ3) is 3.28. The Bertz CT molecular complexity index is 574. The molecule has 5 heteroatoms. The van der Waals surface area contributed by atoms with Gasteiger partial charge in [0.25, 0.3) is 5.97 Å². The molecule has 0 aromatic carbocycles. The zero-order chi connectivity index (χ0) is 19.3. The van der Waals surface area contributed by atoms with E-state index in [0.29, 0.717) is 23.0 Å². The summed E-state index contributed by atoms with van der Waals surface area (Å²) in [5.41, 5.74) is 0.351. The average molecular weight is 429 g/mol. The number of ketones is 1. The molecule has 0 spiro atoms. The van der Waals surface area contributed by atoms with Crippen LogP contribution >= 0.6 is 15.9 Å². The van der Waals surface area contributed by atoms with Crippen LogP contribution in [-0.2, 0) is 9.59 Å². The number of alkyl halides is 1. The van der Waals surface area contributed by atoms with Gasteiger partial charge in [0.1, 0.15) is 0 Å². The van der Waals surface area contributed by atoms with Crippen LogP contribution in [0.5, 0.6) is 0 Å². The normalized spacial score (nSPS) is 50.0. The van der Waals surface area contributed by atoms with Crippen molar-refractivity contribution in [1.29, 1.82) is 0 Å². The zero-order valence-corrected chi connectivity index (χ0v) is 17.8. The number of aliphatic carboxylic acids is 1. The van der Waals surface area contributed by atoms with Crippen LogP contribution in [-0.4, -0.2) is 32.9 Å². The maximum atomic E-state index is 12.7. The van der Waals surface area contributed by atoms with E-state index in [0.717, 1.165) is 44.4 Å². The number of halogens is 1. The van der Waals surface area contributed by atoms with Crippen molar-refractivity contribution in [2.75, 3.05) is 0 Å². The van der Waals surface area contributed by atoms with Crippen molar-refractivity contribution in [1.82, 2.24) is 0 Å². The van der Waals surface area contributed by atoms with Gasteiger partial charge in [-0.2, -0.15) is 0 Å². The molecule has 8 atom stereocenters. The van der Waals surface area contributed by atoms with Gasteiger partial charge in [0.15, 0.2) is 5.78 Å². The van der Waals surface area contributed by atoms with Crippen LogP contribution in [0.25, 0.3) is 0 Å². The van der Waals surface area contributed by atoms with E-state index in [-0.39, 0.29) is 16.3 Å². The summed E-state index contributed by atoms with van der Waals surface area (Å²) in [7, 11) is 0. The molecular formula is C21H33BrO4. The fraction of sp³-hybridized carbons (Fsp3) is 0.905. The minimum Gasteiger partial charge on any atom is -0.481 e. The predicted octanol–water partition coefficient (Wildman–Crippen LogP) is 4.42. The summed E-state index contributed by atoms with van der Waals surface area (Å²) >= 11 is 3.65. The maximum Gasteiger partial charge on any atom is 0.300 e. The van der Waals surface area contributed by atoms with Gasteiger partial charge in [-0.1, -0.05) is 29.8 Å². The van der Waals surface area contributed by atoms with Crippen molar-refractivity contribution in [3.63, 3.8) is 0 Å². The Balaban J connectivity index is 0.000000447. The minimum atomic E-state index is -0.833. The molecule has 0 aromatic heterocycles. The summed E-state index contributed by atoms with van der Waals surface area (Å²) < 4.78 is 0. The molecule has 2 N–H and O–H groups in total. The summed E-state index contributed by atoms with van der Waals surface area (Å²) in [5, 5.41) is 17.5. The highest BCUT2D eigenvalue weighted by Crippen LogP contribution is 2.65. The maximum absolute atomic E-state index is 12.7. The molecular weight excluding hydrogens is 396 g/mol. The van der Waals surface area contributed by atoms with Gasteiger partial charge in [-0.25, -0.2) is 0 Å². The smallest absolute Gasteiger partial charge is 0.300 e. The summed E-state index contributed by atoms with van der Waals surface area (Å²) in [4.78, 5) is 21.8. The van der Waals surface area contributed by atoms with Gasteiger partial charge in [0.2, 0.25) is 0 Å². The Morgan fingerprint density at radius 2 is 1.73 bits per heavy atom. The number of fused-ring (bicyclic) bond motifs is 5. The Kier molecular flexibility index (Phi) is 5.62. The number of hydrogen-bond acceptors (Lipinski definition) is 3. The first kappa shape index (κ1) is 20.3. The van der Waals surface area contributed by atoms with E-state index in [1.807, 2.05) is 0 Å². The molecule has 148 valence electrons. The van der Waals surface area contributed by atoms with Crippen LogP contribution < -0.4 is 0 Å². The summed E-state index contributed by atoms with van der Waals surface area (Å²) in [5.74, 6) is 2.46. The molecule has 4 nitrogen and oxygen atoms in total. The van der Waals surface area contributed by atoms with E-state index in [1.165, 1.54) is 25.7 Å². The second-order valence-corrected chi connectivity index (χ2v) is 10.7. The monoisotopic (exact) mass is 428 g/mol. The molecule has 0 bridgehead atoms. The molecule has 0 aromatic rings. The van der Waals surface area contributed by atoms with E-state index in [1.54, 1.807) is 0 Å². The number of carbonyl (C=O) groups excluding carboxylic acids is 1. The van der Waals surface area contributed by atoms with Crippen LogP contribution in [0.3, 0.4) is 0 Å². The molecule has 4 rings (SSSR count). The van der Waals surface area contributed by atoms with Crippen molar-refractivity contribution in [2.24, 2.45) is 34.5 Å². The summed E-state index contributed by atoms with van der Waals surface area (Å²) in [6.07, 6.45) is 9.04. The second kappa shape index (κ2) is 7.20. The van der Waals surface area contributed by atoms with E-state index < -0.39 is 5.97 Å². The second-order valence-electron chi connectivity index (χ2n) is 9.63. The number of Topliss-reactive ketones (excluding diaryl/α,β-unsaturated/α-hetero) is 1. The van der Waals surface area contributed by atoms with E-state index in [2.05, 4.69) is 29.8 Å². The SMILES string of the molecule is CC(=O)O.C[C@@]12CC[C@@H](O)C[C@H]1CC[C@H]1[C@H]2CC[C@@]2(C)C(=O)[C@H](Br)C[C@H]12. The highest BCUT2D eigenvalue weighted by atomic mass is 79.9. The molecule has 0 heterocycles. The Labute approximate surface area is 165 Å². The number of carboxylic acid groups (broad SMARTS) is 1. The van der Waals surface area contributed by atoms with Gasteiger partial charge < -0.3 is 10.2 Å². The molecule has 0 saturated heterocycles. The number of aliphatic hydroxyl groups excluding tert-OH is 1. The van der Waals surface area contributed by atoms with Crippen molar-refractivity contribution < 1.29 is 19.8 Å². The van der Waals surface area contributed by atoms with Crippen LogP contribution in [0.4, 0.5) is 0 Å². The molecule has 4 saturated carbocycles. The Morgan fingerprint density at radius 3 is 2.38 bits per heavy atom. The van der Waals surface area contributed by atoms with Crippen LogP contribution in [0, 0.1) is 34.5 Å². The molecule has 4 aliphatic rings. The predicted molar refractivity (Wildman–Crippen MR) is 104 cm³/mol. The highest BCUT2D eigenvalue weighted by Gasteiger charge is 2.61. The third-order valence-corrected chi connectivity index (χ3v) is 9.13. The first-order chi connectivity index (χ1) is 12.1. The van der Waals surface area contributed by atoms with Crippen molar-refractivity contribution >= 4 is 27.7 Å². The van der Waals surface area contributed by atoms with Crippen molar-refractivity contribution in [3.05, 3.63) is 0 Å². The zero-order valence-electron chi connectivity index (χ0n) is 16.2. The van der Waals surface area contributed by atoms with Gasteiger partial charge in [-0.05, 0) is 80.5 Å². The first-order valence-corrected chi connectivity index (χ1v) is 11.1. The number of carbonyl (C=O) groups is 2. The third-order valence-electron chi connectivity index (χ3n) is 8.34. The van der Waals surface area contributed by atoms with Crippen LogP contribution in [0.2, 0.25) is 0 Å². The van der Waals surface area contributed by atoms with Crippen molar-refractivity contribution in [3.8, 4) is 0 Å². The van der Waals surface area contributed by atoms with E-state index in [9.17, 15) is 9.90 Å². The lowest BCUT2D eigenvalue weighted by Gasteiger charge is -2.60. The molecule has 4 aliphatic carbocycles. The first-order valence-electron chi connectivity index (χ1n) is 10.2. The van der Waals surface area contributed by atoms with Crippen LogP contribution in [0.15, 0.2) is 0 Å². The quantitative estimate of drug-likeness (QED) is 0.559. The minimum absolute atomic E-state index is 0.0628. The van der Waals surface area contributed by atoms with Gasteiger partial charge in [-0.3, -0.25) is 9.59 Å². The Hall–Kier alpha value is -0.420. The molecule has 0 unspecified atom stereocenters. The molecule has 0 amide bonds.